The highest BCUT2D eigenvalue weighted by molar-refractivity contribution is 6.08. The van der Waals surface area contributed by atoms with Gasteiger partial charge in [-0.1, -0.05) is 624 Å². The predicted molar refractivity (Wildman–Crippen MR) is 670 cm³/mol. The topological polar surface area (TPSA) is 0 Å². The molecular formula is C148H196. The molecule has 2 unspecified atom stereocenters. The summed E-state index contributed by atoms with van der Waals surface area (Å²) in [6.07, 6.45) is 16.3. The number of hydrogen-bond acceptors (Lipinski definition) is 0. The van der Waals surface area contributed by atoms with Crippen molar-refractivity contribution in [2.45, 2.75) is 374 Å². The molecule has 5 spiro atoms. The molecular weight excluding hydrogens is 1780 g/mol. The maximum atomic E-state index is 2.43. The van der Waals surface area contributed by atoms with Crippen LogP contribution in [0.15, 0.2) is 334 Å². The molecule has 10 aliphatic rings. The van der Waals surface area contributed by atoms with Gasteiger partial charge in [-0.05, 0) is 262 Å². The Morgan fingerprint density at radius 1 is 0.149 bits per heavy atom. The lowest BCUT2D eigenvalue weighted by atomic mass is 9.70. The van der Waals surface area contributed by atoms with Gasteiger partial charge in [0.15, 0.2) is 0 Å². The summed E-state index contributed by atoms with van der Waals surface area (Å²) in [5.74, 6) is 0. The summed E-state index contributed by atoms with van der Waals surface area (Å²) in [5.41, 5.74) is 48.3. The van der Waals surface area contributed by atoms with Crippen LogP contribution in [0.1, 0.15) is 418 Å². The monoisotopic (exact) mass is 1970 g/mol. The molecule has 3 saturated carbocycles. The third-order valence-corrected chi connectivity index (χ3v) is 29.0. The molecule has 0 aliphatic heterocycles. The Balaban J connectivity index is 0.000000307. The van der Waals surface area contributed by atoms with E-state index in [2.05, 4.69) is 368 Å². The molecule has 0 bridgehead atoms. The molecule has 0 saturated heterocycles. The van der Waals surface area contributed by atoms with Gasteiger partial charge in [-0.25, -0.2) is 0 Å². The Hall–Kier alpha value is -12.0. The second kappa shape index (κ2) is 63.1. The summed E-state index contributed by atoms with van der Waals surface area (Å²) < 4.78 is 0. The quantitative estimate of drug-likeness (QED) is 0.142. The van der Waals surface area contributed by atoms with Gasteiger partial charge in [0.1, 0.15) is 0 Å². The molecule has 3 fully saturated rings. The lowest BCUT2D eigenvalue weighted by molar-refractivity contribution is 0.547. The number of rotatable bonds is 0. The van der Waals surface area contributed by atoms with Crippen LogP contribution in [0.5, 0.6) is 0 Å². The highest BCUT2D eigenvalue weighted by Gasteiger charge is 2.55. The molecule has 16 aromatic rings. The minimum atomic E-state index is -0.242. The van der Waals surface area contributed by atoms with Crippen molar-refractivity contribution in [2.75, 3.05) is 0 Å². The summed E-state index contributed by atoms with van der Waals surface area (Å²) in [7, 11) is 0. The van der Waals surface area contributed by atoms with Crippen molar-refractivity contribution >= 4 is 21.5 Å². The van der Waals surface area contributed by atoms with Crippen molar-refractivity contribution in [3.8, 4) is 77.9 Å². The number of benzene rings is 16. The van der Waals surface area contributed by atoms with Crippen LogP contribution in [-0.4, -0.2) is 0 Å². The van der Waals surface area contributed by atoms with Gasteiger partial charge in [-0.2, -0.15) is 0 Å². The van der Waals surface area contributed by atoms with Gasteiger partial charge in [-0.15, -0.1) is 0 Å². The summed E-state index contributed by atoms with van der Waals surface area (Å²) >= 11 is 0. The van der Waals surface area contributed by atoms with Crippen molar-refractivity contribution in [1.29, 1.82) is 0 Å². The van der Waals surface area contributed by atoms with Crippen molar-refractivity contribution in [2.24, 2.45) is 0 Å². The van der Waals surface area contributed by atoms with Gasteiger partial charge in [0.2, 0.25) is 0 Å². The lowest BCUT2D eigenvalue weighted by Gasteiger charge is -2.30. The van der Waals surface area contributed by atoms with Crippen LogP contribution in [0.25, 0.3) is 99.4 Å². The largest absolute Gasteiger partial charge is 0.0725 e. The molecule has 2 atom stereocenters. The van der Waals surface area contributed by atoms with Crippen molar-refractivity contribution < 1.29 is 0 Å². The minimum Gasteiger partial charge on any atom is -0.0683 e. The van der Waals surface area contributed by atoms with E-state index < -0.39 is 0 Å². The normalized spacial score (nSPS) is 14.8. The van der Waals surface area contributed by atoms with Crippen molar-refractivity contribution in [3.63, 3.8) is 0 Å². The first kappa shape index (κ1) is 126. The van der Waals surface area contributed by atoms with Crippen molar-refractivity contribution in [3.05, 3.63) is 439 Å². The van der Waals surface area contributed by atoms with Crippen LogP contribution in [0.4, 0.5) is 0 Å². The smallest absolute Gasteiger partial charge is 0.0683 e. The average molecular weight is 1980 g/mol. The first-order valence-corrected chi connectivity index (χ1v) is 59.3. The SMILES string of the molecule is CC.CC.CC.CC.CC.CC.CC.CC.CC.CC.CC.CC.CC.CC.CC.CC.CC.Cc1ccc2c(c1)-c1ccccc1C21CCCC1.Cc1ccc2c(c1)-c1ccccc1C21c2ccccc2-c2c1ccc1ccccc21.Cc1ccc2c(c1)C1(CCCC1)c1ccccc1-2.Cc1cccc2c1-c1ccccc1C21c2ccccc2-c2c1ccc1ccccc21.Cc1cccc2c1C1(CCCC1)c1ccccc1-2. The van der Waals surface area contributed by atoms with E-state index in [9.17, 15) is 0 Å². The Labute approximate surface area is 906 Å². The first-order valence-electron chi connectivity index (χ1n) is 59.3. The van der Waals surface area contributed by atoms with Crippen LogP contribution < -0.4 is 0 Å². The summed E-state index contributed by atoms with van der Waals surface area (Å²) in [6.45, 7) is 79.1. The minimum absolute atomic E-state index is 0.240. The third-order valence-electron chi connectivity index (χ3n) is 29.0. The van der Waals surface area contributed by atoms with E-state index in [1.165, 1.54) is 249 Å². The molecule has 0 amide bonds. The van der Waals surface area contributed by atoms with Gasteiger partial charge in [-0.3, -0.25) is 0 Å². The molecule has 148 heavy (non-hydrogen) atoms. The molecule has 0 radical (unpaired) electrons. The Kier molecular flexibility index (Phi) is 54.0. The Bertz CT molecular complexity index is 6640. The fourth-order valence-electron chi connectivity index (χ4n) is 24.6. The molecule has 0 heteroatoms. The second-order valence-electron chi connectivity index (χ2n) is 34.7. The molecule has 10 aliphatic carbocycles. The zero-order chi connectivity index (χ0) is 110. The summed E-state index contributed by atoms with van der Waals surface area (Å²) in [4.78, 5) is 0. The number of hydrogen-bond donors (Lipinski definition) is 0. The van der Waals surface area contributed by atoms with Gasteiger partial charge in [0.05, 0.1) is 10.8 Å². The lowest BCUT2D eigenvalue weighted by Crippen LogP contribution is -2.25. The number of fused-ring (bicyclic) bond motifs is 39. The molecule has 26 rings (SSSR count). The van der Waals surface area contributed by atoms with E-state index >= 15 is 0 Å². The van der Waals surface area contributed by atoms with Crippen LogP contribution in [0.3, 0.4) is 0 Å². The van der Waals surface area contributed by atoms with E-state index in [1.807, 2.05) is 235 Å². The van der Waals surface area contributed by atoms with E-state index in [-0.39, 0.29) is 10.8 Å². The molecule has 0 N–H and O–H groups in total. The van der Waals surface area contributed by atoms with Gasteiger partial charge < -0.3 is 0 Å². The predicted octanol–water partition coefficient (Wildman–Crippen LogP) is 46.9. The number of aryl methyl sites for hydroxylation is 5. The second-order valence-corrected chi connectivity index (χ2v) is 34.7. The standard InChI is InChI=1S/2C30H20.3C18H18.17C2H6/c1-19-9-8-16-26-28(19)22-12-4-6-14-24(22)30(26)25-15-7-5-13-23(25)29-21-11-3-2-10-20(21)17-18-27(29)30;1-19-14-16-27-24(18-19)22-10-4-6-12-25(22)30(27)26-13-7-5-11-23(26)29-21-9-3-2-8-20(21)15-17-28(29)30;1-13-7-6-9-15-14-8-2-3-10-16(14)18(17(13)15)11-4-5-12-18;1-13-8-9-17-15(12-13)14-6-2-3-7-16(14)18(17)10-4-5-11-18;1-13-8-9-15-14-6-2-3-7-16(14)18(17(15)12-13)10-4-5-11-18;17*1-2/h2*2-18H,1H3;2-3,6-10H,4-5,11-12H2,1H3;2*2-3,6-9,12H,4-5,10-11H2,1H3;17*1-2H3. The third kappa shape index (κ3) is 23.3. The van der Waals surface area contributed by atoms with E-state index in [1.54, 1.807) is 33.4 Å². The zero-order valence-electron chi connectivity index (χ0n) is 100. The summed E-state index contributed by atoms with van der Waals surface area (Å²) in [6, 6.07) is 125. The van der Waals surface area contributed by atoms with E-state index in [4.69, 9.17) is 0 Å². The fourth-order valence-corrected chi connectivity index (χ4v) is 24.6. The van der Waals surface area contributed by atoms with Crippen LogP contribution >= 0.6 is 0 Å². The molecule has 0 aromatic heterocycles. The summed E-state index contributed by atoms with van der Waals surface area (Å²) in [5, 5.41) is 5.30. The Morgan fingerprint density at radius 2 is 0.378 bits per heavy atom. The van der Waals surface area contributed by atoms with Crippen LogP contribution in [0.2, 0.25) is 0 Å². The Morgan fingerprint density at radius 3 is 0.791 bits per heavy atom. The highest BCUT2D eigenvalue weighted by Crippen LogP contribution is 2.67. The highest BCUT2D eigenvalue weighted by atomic mass is 14.6. The van der Waals surface area contributed by atoms with Gasteiger partial charge in [0, 0.05) is 16.2 Å². The van der Waals surface area contributed by atoms with Gasteiger partial charge in [0.25, 0.3) is 0 Å². The van der Waals surface area contributed by atoms with E-state index in [0.717, 1.165) is 0 Å². The molecule has 0 heterocycles. The van der Waals surface area contributed by atoms with Crippen molar-refractivity contribution in [1.82, 2.24) is 0 Å². The molecule has 788 valence electrons. The molecule has 0 nitrogen and oxygen atoms in total. The fraction of sp³-hybridized carbons (Fsp3) is 0.378. The van der Waals surface area contributed by atoms with E-state index in [0.29, 0.717) is 16.2 Å². The zero-order valence-corrected chi connectivity index (χ0v) is 100. The maximum Gasteiger partial charge on any atom is 0.0725 e. The average Bonchev–Trinajstić information content (AvgIpc) is 1.50. The van der Waals surface area contributed by atoms with Crippen LogP contribution in [0, 0.1) is 34.6 Å². The molecule has 16 aromatic carbocycles. The van der Waals surface area contributed by atoms with Gasteiger partial charge >= 0.3 is 0 Å². The first-order chi connectivity index (χ1) is 73.1. The maximum absolute atomic E-state index is 2.43. The van der Waals surface area contributed by atoms with Crippen LogP contribution in [-0.2, 0) is 27.1 Å².